The summed E-state index contributed by atoms with van der Waals surface area (Å²) < 4.78 is 11.4. The highest BCUT2D eigenvalue weighted by molar-refractivity contribution is 9.10. The van der Waals surface area contributed by atoms with Gasteiger partial charge in [-0.05, 0) is 42.5 Å². The molecule has 0 unspecified atom stereocenters. The summed E-state index contributed by atoms with van der Waals surface area (Å²) >= 11 is 7.24. The van der Waals surface area contributed by atoms with Gasteiger partial charge in [-0.15, -0.1) is 0 Å². The van der Waals surface area contributed by atoms with Crippen LogP contribution in [0.5, 0.6) is 5.75 Å². The summed E-state index contributed by atoms with van der Waals surface area (Å²) in [4.78, 5) is 24.0. The zero-order chi connectivity index (χ0) is 22.2. The first kappa shape index (κ1) is 23.0. The second-order valence-corrected chi connectivity index (χ2v) is 8.00. The number of carbonyl (C=O) groups excluding carboxylic acids is 2. The molecule has 0 aromatic heterocycles. The number of aromatic hydroxyl groups is 1. The molecule has 2 N–H and O–H groups in total. The van der Waals surface area contributed by atoms with Gasteiger partial charge in [0.25, 0.3) is 0 Å². The zero-order valence-corrected chi connectivity index (χ0v) is 19.1. The van der Waals surface area contributed by atoms with Gasteiger partial charge in [-0.1, -0.05) is 52.3 Å². The molecule has 0 saturated heterocycles. The SMILES string of the molecule is O=C(CS)OCCC[C@H](OC(=O)Nc1cccc2ccccc12)c1cc(Br)ccc1O. The fraction of sp³-hybridized carbons (Fsp3) is 0.217. The highest BCUT2D eigenvalue weighted by Gasteiger charge is 2.21. The maximum absolute atomic E-state index is 12.7. The van der Waals surface area contributed by atoms with Crippen molar-refractivity contribution in [3.8, 4) is 5.75 Å². The van der Waals surface area contributed by atoms with Crippen LogP contribution in [-0.4, -0.2) is 29.5 Å². The van der Waals surface area contributed by atoms with Crippen LogP contribution < -0.4 is 5.32 Å². The molecule has 3 rings (SSSR count). The lowest BCUT2D eigenvalue weighted by atomic mass is 10.0. The van der Waals surface area contributed by atoms with Crippen LogP contribution in [0.15, 0.2) is 65.1 Å². The van der Waals surface area contributed by atoms with Crippen molar-refractivity contribution in [2.45, 2.75) is 18.9 Å². The van der Waals surface area contributed by atoms with Crippen LogP contribution in [0.25, 0.3) is 10.8 Å². The van der Waals surface area contributed by atoms with Gasteiger partial charge in [0, 0.05) is 15.4 Å². The molecule has 0 spiro atoms. The molecule has 3 aromatic rings. The van der Waals surface area contributed by atoms with Crippen LogP contribution in [0.2, 0.25) is 0 Å². The van der Waals surface area contributed by atoms with Gasteiger partial charge in [-0.2, -0.15) is 12.6 Å². The van der Waals surface area contributed by atoms with Gasteiger partial charge in [0.15, 0.2) is 0 Å². The molecule has 0 aliphatic rings. The monoisotopic (exact) mass is 503 g/mol. The Balaban J connectivity index is 1.74. The molecular formula is C23H22BrNO5S. The molecule has 6 nitrogen and oxygen atoms in total. The topological polar surface area (TPSA) is 84.9 Å². The Morgan fingerprint density at radius 3 is 2.68 bits per heavy atom. The Morgan fingerprint density at radius 2 is 1.87 bits per heavy atom. The van der Waals surface area contributed by atoms with Crippen molar-refractivity contribution in [1.82, 2.24) is 0 Å². The first-order chi connectivity index (χ1) is 15.0. The Hall–Kier alpha value is -2.71. The van der Waals surface area contributed by atoms with Crippen molar-refractivity contribution in [1.29, 1.82) is 0 Å². The molecule has 162 valence electrons. The van der Waals surface area contributed by atoms with Crippen molar-refractivity contribution in [3.63, 3.8) is 0 Å². The number of ether oxygens (including phenoxy) is 2. The summed E-state index contributed by atoms with van der Waals surface area (Å²) in [7, 11) is 0. The first-order valence-electron chi connectivity index (χ1n) is 9.68. The third kappa shape index (κ3) is 6.38. The maximum atomic E-state index is 12.7. The standard InChI is InChI=1S/C23H22BrNO5S/c24-16-10-11-20(26)18(13-16)21(9-4-12-29-22(27)14-31)30-23(28)25-19-8-3-6-15-5-1-2-7-17(15)19/h1-3,5-8,10-11,13,21,26,31H,4,9,12,14H2,(H,25,28)/t21-/m0/s1. The number of fused-ring (bicyclic) bond motifs is 1. The number of anilines is 1. The lowest BCUT2D eigenvalue weighted by Gasteiger charge is -2.20. The average molecular weight is 504 g/mol. The van der Waals surface area contributed by atoms with Gasteiger partial charge >= 0.3 is 12.1 Å². The van der Waals surface area contributed by atoms with E-state index in [4.69, 9.17) is 9.47 Å². The van der Waals surface area contributed by atoms with E-state index in [2.05, 4.69) is 33.9 Å². The number of halogens is 1. The predicted molar refractivity (Wildman–Crippen MR) is 127 cm³/mol. The van der Waals surface area contributed by atoms with Crippen LogP contribution in [0.4, 0.5) is 10.5 Å². The number of phenols is 1. The van der Waals surface area contributed by atoms with Crippen molar-refractivity contribution in [2.24, 2.45) is 0 Å². The van der Waals surface area contributed by atoms with E-state index in [0.717, 1.165) is 15.2 Å². The fourth-order valence-electron chi connectivity index (χ4n) is 3.16. The molecule has 31 heavy (non-hydrogen) atoms. The van der Waals surface area contributed by atoms with Crippen LogP contribution >= 0.6 is 28.6 Å². The molecule has 1 atom stereocenters. The second-order valence-electron chi connectivity index (χ2n) is 6.77. The van der Waals surface area contributed by atoms with Gasteiger partial charge < -0.3 is 14.6 Å². The largest absolute Gasteiger partial charge is 0.508 e. The van der Waals surface area contributed by atoms with Crippen molar-refractivity contribution in [3.05, 3.63) is 70.7 Å². The normalized spacial score (nSPS) is 11.7. The summed E-state index contributed by atoms with van der Waals surface area (Å²) in [6.45, 7) is 0.166. The summed E-state index contributed by atoms with van der Waals surface area (Å²) in [5.74, 6) is -0.405. The van der Waals surface area contributed by atoms with E-state index in [1.54, 1.807) is 18.2 Å². The average Bonchev–Trinajstić information content (AvgIpc) is 2.77. The summed E-state index contributed by atoms with van der Waals surface area (Å²) in [5, 5.41) is 15.0. The molecule has 3 aromatic carbocycles. The number of thiol groups is 1. The smallest absolute Gasteiger partial charge is 0.412 e. The number of hydrogen-bond acceptors (Lipinski definition) is 6. The summed E-state index contributed by atoms with van der Waals surface area (Å²) in [6.07, 6.45) is -0.583. The van der Waals surface area contributed by atoms with Crippen LogP contribution in [0, 0.1) is 0 Å². The van der Waals surface area contributed by atoms with Crippen LogP contribution in [0.3, 0.4) is 0 Å². The lowest BCUT2D eigenvalue weighted by Crippen LogP contribution is -2.18. The van der Waals surface area contributed by atoms with E-state index in [-0.39, 0.29) is 18.1 Å². The third-order valence-corrected chi connectivity index (χ3v) is 5.37. The Labute approximate surface area is 194 Å². The zero-order valence-electron chi connectivity index (χ0n) is 16.6. The Kier molecular flexibility index (Phi) is 8.20. The minimum atomic E-state index is -0.734. The Bertz CT molecular complexity index is 1070. The van der Waals surface area contributed by atoms with Gasteiger partial charge in [0.1, 0.15) is 11.9 Å². The minimum Gasteiger partial charge on any atom is -0.508 e. The van der Waals surface area contributed by atoms with E-state index in [1.165, 1.54) is 6.07 Å². The quantitative estimate of drug-likeness (QED) is 0.204. The van der Waals surface area contributed by atoms with E-state index in [0.29, 0.717) is 24.1 Å². The van der Waals surface area contributed by atoms with Gasteiger partial charge in [-0.25, -0.2) is 4.79 Å². The van der Waals surface area contributed by atoms with E-state index >= 15 is 0 Å². The number of carbonyl (C=O) groups is 2. The molecule has 0 radical (unpaired) electrons. The fourth-order valence-corrected chi connectivity index (χ4v) is 3.63. The highest BCUT2D eigenvalue weighted by atomic mass is 79.9. The van der Waals surface area contributed by atoms with E-state index < -0.39 is 18.2 Å². The number of esters is 1. The number of rotatable bonds is 8. The number of phenolic OH excluding ortho intramolecular Hbond substituents is 1. The maximum Gasteiger partial charge on any atom is 0.412 e. The molecule has 0 fully saturated rings. The number of benzene rings is 3. The Morgan fingerprint density at radius 1 is 1.10 bits per heavy atom. The van der Waals surface area contributed by atoms with E-state index in [1.807, 2.05) is 36.4 Å². The van der Waals surface area contributed by atoms with Gasteiger partial charge in [-0.3, -0.25) is 10.1 Å². The van der Waals surface area contributed by atoms with Crippen molar-refractivity contribution >= 4 is 57.1 Å². The number of hydrogen-bond donors (Lipinski definition) is 3. The minimum absolute atomic E-state index is 0.000212. The van der Waals surface area contributed by atoms with Gasteiger partial charge in [0.05, 0.1) is 18.0 Å². The van der Waals surface area contributed by atoms with Crippen molar-refractivity contribution in [2.75, 3.05) is 17.7 Å². The summed E-state index contributed by atoms with van der Waals surface area (Å²) in [6, 6.07) is 18.2. The highest BCUT2D eigenvalue weighted by Crippen LogP contribution is 2.33. The molecule has 8 heteroatoms. The summed E-state index contributed by atoms with van der Waals surface area (Å²) in [5.41, 5.74) is 1.09. The molecular weight excluding hydrogens is 482 g/mol. The molecule has 1 amide bonds. The first-order valence-corrected chi connectivity index (χ1v) is 11.1. The molecule has 0 aliphatic heterocycles. The molecule has 0 aliphatic carbocycles. The predicted octanol–water partition coefficient (Wildman–Crippen LogP) is 5.85. The van der Waals surface area contributed by atoms with Crippen molar-refractivity contribution < 1.29 is 24.2 Å². The molecule has 0 bridgehead atoms. The van der Waals surface area contributed by atoms with Crippen LogP contribution in [0.1, 0.15) is 24.5 Å². The third-order valence-electron chi connectivity index (χ3n) is 4.61. The van der Waals surface area contributed by atoms with Gasteiger partial charge in [0.2, 0.25) is 0 Å². The molecule has 0 saturated carbocycles. The van der Waals surface area contributed by atoms with E-state index in [9.17, 15) is 14.7 Å². The molecule has 0 heterocycles. The number of amides is 1. The second kappa shape index (κ2) is 11.1. The number of nitrogens with one attached hydrogen (secondary N) is 1. The van der Waals surface area contributed by atoms with Crippen LogP contribution in [-0.2, 0) is 14.3 Å². The lowest BCUT2D eigenvalue weighted by molar-refractivity contribution is -0.140.